The number of rotatable bonds is 2. The number of aromatic nitrogens is 1. The Labute approximate surface area is 181 Å². The molecule has 0 fully saturated rings. The van der Waals surface area contributed by atoms with Gasteiger partial charge >= 0.3 is 0 Å². The average Bonchev–Trinajstić information content (AvgIpc) is 2.84. The second-order valence-corrected chi connectivity index (χ2v) is 8.11. The van der Waals surface area contributed by atoms with Crippen LogP contribution in [0.4, 0.5) is 0 Å². The minimum absolute atomic E-state index is 1.24. The van der Waals surface area contributed by atoms with Crippen molar-refractivity contribution in [1.82, 2.24) is 0 Å². The molecule has 1 heteroatoms. The fourth-order valence-corrected chi connectivity index (χ4v) is 4.75. The van der Waals surface area contributed by atoms with E-state index in [0.29, 0.717) is 0 Å². The molecule has 1 aromatic heterocycles. The van der Waals surface area contributed by atoms with Crippen LogP contribution in [-0.2, 0) is 7.05 Å². The number of fused-ring (bicyclic) bond motifs is 3. The first kappa shape index (κ1) is 17.9. The lowest BCUT2D eigenvalue weighted by molar-refractivity contribution is -0.617. The normalized spacial score (nSPS) is 11.4. The molecule has 6 aromatic rings. The van der Waals surface area contributed by atoms with Gasteiger partial charge in [0.15, 0.2) is 0 Å². The van der Waals surface area contributed by atoms with Crippen molar-refractivity contribution in [2.24, 2.45) is 7.05 Å². The summed E-state index contributed by atoms with van der Waals surface area (Å²) in [5.74, 6) is 0. The lowest BCUT2D eigenvalue weighted by Gasteiger charge is -2.12. The number of benzene rings is 5. The van der Waals surface area contributed by atoms with Gasteiger partial charge in [0.2, 0.25) is 11.0 Å². The minimum atomic E-state index is 1.24. The van der Waals surface area contributed by atoms with E-state index in [4.69, 9.17) is 0 Å². The van der Waals surface area contributed by atoms with E-state index in [0.717, 1.165) is 0 Å². The van der Waals surface area contributed by atoms with Gasteiger partial charge in [0.25, 0.3) is 0 Å². The van der Waals surface area contributed by atoms with E-state index < -0.39 is 0 Å². The van der Waals surface area contributed by atoms with Crippen LogP contribution in [0.25, 0.3) is 54.8 Å². The van der Waals surface area contributed by atoms with Gasteiger partial charge in [-0.1, -0.05) is 78.9 Å². The van der Waals surface area contributed by atoms with Crippen molar-refractivity contribution < 1.29 is 4.57 Å². The molecule has 5 aromatic carbocycles. The number of hydrogen-bond acceptors (Lipinski definition) is 0. The molecule has 0 aliphatic carbocycles. The Balaban J connectivity index is 1.69. The second kappa shape index (κ2) is 7.07. The predicted octanol–water partition coefficient (Wildman–Crippen LogP) is 7.30. The Morgan fingerprint density at radius 1 is 0.452 bits per heavy atom. The van der Waals surface area contributed by atoms with Gasteiger partial charge in [-0.25, -0.2) is 0 Å². The van der Waals surface area contributed by atoms with Crippen molar-refractivity contribution in [3.8, 4) is 22.3 Å². The zero-order valence-electron chi connectivity index (χ0n) is 17.4. The molecule has 0 radical (unpaired) electrons. The molecule has 6 rings (SSSR count). The molecule has 0 N–H and O–H groups in total. The highest BCUT2D eigenvalue weighted by Gasteiger charge is 2.19. The highest BCUT2D eigenvalue weighted by Crippen LogP contribution is 2.36. The summed E-state index contributed by atoms with van der Waals surface area (Å²) in [6.45, 7) is 0. The van der Waals surface area contributed by atoms with Crippen LogP contribution in [0.5, 0.6) is 0 Å². The third-order valence-electron chi connectivity index (χ3n) is 6.31. The second-order valence-electron chi connectivity index (χ2n) is 8.11. The summed E-state index contributed by atoms with van der Waals surface area (Å²) in [6.07, 6.45) is 0. The smallest absolute Gasteiger partial charge is 0.194 e. The quantitative estimate of drug-likeness (QED) is 0.213. The van der Waals surface area contributed by atoms with Crippen LogP contribution in [0.15, 0.2) is 115 Å². The van der Waals surface area contributed by atoms with E-state index in [-0.39, 0.29) is 0 Å². The Morgan fingerprint density at radius 2 is 1.10 bits per heavy atom. The van der Waals surface area contributed by atoms with E-state index in [1.54, 1.807) is 0 Å². The minimum Gasteiger partial charge on any atom is -0.194 e. The standard InChI is InChI=1S/C30H22N/c1-31-28-14-8-7-13-26(28)30(22-10-3-2-4-11-22)27-20-25(17-18-29(27)31)24-16-15-21-9-5-6-12-23(21)19-24/h2-20H,1H3/q+1. The van der Waals surface area contributed by atoms with Gasteiger partial charge in [0.1, 0.15) is 7.05 Å². The molecule has 0 aliphatic heterocycles. The monoisotopic (exact) mass is 396 g/mol. The third kappa shape index (κ3) is 2.90. The molecule has 0 aliphatic rings. The summed E-state index contributed by atoms with van der Waals surface area (Å²) in [5, 5.41) is 5.10. The summed E-state index contributed by atoms with van der Waals surface area (Å²) in [6, 6.07) is 41.6. The Bertz CT molecular complexity index is 1580. The van der Waals surface area contributed by atoms with E-state index in [9.17, 15) is 0 Å². The zero-order chi connectivity index (χ0) is 20.8. The molecule has 0 atom stereocenters. The highest BCUT2D eigenvalue weighted by atomic mass is 14.9. The SMILES string of the molecule is C[n+]1c2ccccc2c(-c2ccccc2)c2cc(-c3ccc4ccccc4c3)ccc21. The Hall–Kier alpha value is -3.97. The molecule has 0 unspecified atom stereocenters. The van der Waals surface area contributed by atoms with Crippen LogP contribution >= 0.6 is 0 Å². The van der Waals surface area contributed by atoms with Gasteiger partial charge in [-0.2, -0.15) is 4.57 Å². The zero-order valence-corrected chi connectivity index (χ0v) is 17.4. The van der Waals surface area contributed by atoms with Crippen LogP contribution in [0.2, 0.25) is 0 Å². The van der Waals surface area contributed by atoms with Gasteiger partial charge in [0, 0.05) is 17.7 Å². The number of hydrogen-bond donors (Lipinski definition) is 0. The first-order valence-corrected chi connectivity index (χ1v) is 10.7. The molecule has 0 bridgehead atoms. The fraction of sp³-hybridized carbons (Fsp3) is 0.0333. The van der Waals surface area contributed by atoms with Gasteiger partial charge in [-0.05, 0) is 51.7 Å². The molecule has 31 heavy (non-hydrogen) atoms. The molecule has 0 spiro atoms. The highest BCUT2D eigenvalue weighted by molar-refractivity contribution is 6.08. The van der Waals surface area contributed by atoms with Crippen LogP contribution in [0, 0.1) is 0 Å². The largest absolute Gasteiger partial charge is 0.213 e. The summed E-state index contributed by atoms with van der Waals surface area (Å²) in [5.41, 5.74) is 7.52. The molecular formula is C30H22N+. The molecule has 0 amide bonds. The van der Waals surface area contributed by atoms with Crippen LogP contribution < -0.4 is 4.57 Å². The van der Waals surface area contributed by atoms with Gasteiger partial charge in [-0.15, -0.1) is 0 Å². The number of para-hydroxylation sites is 1. The summed E-state index contributed by atoms with van der Waals surface area (Å²) in [7, 11) is 2.16. The Morgan fingerprint density at radius 3 is 1.97 bits per heavy atom. The number of nitrogens with zero attached hydrogens (tertiary/aromatic N) is 1. The van der Waals surface area contributed by atoms with E-state index in [2.05, 4.69) is 127 Å². The van der Waals surface area contributed by atoms with Crippen molar-refractivity contribution in [3.63, 3.8) is 0 Å². The third-order valence-corrected chi connectivity index (χ3v) is 6.31. The van der Waals surface area contributed by atoms with Crippen LogP contribution in [0.1, 0.15) is 0 Å². The van der Waals surface area contributed by atoms with E-state index in [1.807, 2.05) is 0 Å². The van der Waals surface area contributed by atoms with Gasteiger partial charge in [0.05, 0.1) is 10.8 Å². The van der Waals surface area contributed by atoms with Crippen LogP contribution in [-0.4, -0.2) is 0 Å². The van der Waals surface area contributed by atoms with E-state index in [1.165, 1.54) is 54.8 Å². The van der Waals surface area contributed by atoms with Crippen molar-refractivity contribution in [2.75, 3.05) is 0 Å². The van der Waals surface area contributed by atoms with Gasteiger partial charge < -0.3 is 0 Å². The van der Waals surface area contributed by atoms with Crippen molar-refractivity contribution >= 4 is 32.6 Å². The van der Waals surface area contributed by atoms with E-state index >= 15 is 0 Å². The van der Waals surface area contributed by atoms with Crippen molar-refractivity contribution in [2.45, 2.75) is 0 Å². The maximum absolute atomic E-state index is 2.36. The maximum Gasteiger partial charge on any atom is 0.213 e. The van der Waals surface area contributed by atoms with Crippen molar-refractivity contribution in [1.29, 1.82) is 0 Å². The van der Waals surface area contributed by atoms with Crippen molar-refractivity contribution in [3.05, 3.63) is 115 Å². The molecular weight excluding hydrogens is 374 g/mol. The Kier molecular flexibility index (Phi) is 4.07. The first-order valence-electron chi connectivity index (χ1n) is 10.7. The number of aryl methyl sites for hydroxylation is 1. The van der Waals surface area contributed by atoms with Gasteiger partial charge in [-0.3, -0.25) is 0 Å². The average molecular weight is 397 g/mol. The molecule has 1 nitrogen and oxygen atoms in total. The molecule has 1 heterocycles. The summed E-state index contributed by atoms with van der Waals surface area (Å²) >= 11 is 0. The molecule has 0 saturated heterocycles. The fourth-order valence-electron chi connectivity index (χ4n) is 4.75. The first-order chi connectivity index (χ1) is 15.3. The maximum atomic E-state index is 2.36. The summed E-state index contributed by atoms with van der Waals surface area (Å²) < 4.78 is 2.31. The predicted molar refractivity (Wildman–Crippen MR) is 131 cm³/mol. The molecule has 0 saturated carbocycles. The summed E-state index contributed by atoms with van der Waals surface area (Å²) in [4.78, 5) is 0. The lowest BCUT2D eigenvalue weighted by atomic mass is 9.93. The number of pyridine rings is 1. The van der Waals surface area contributed by atoms with Crippen LogP contribution in [0.3, 0.4) is 0 Å². The molecule has 146 valence electrons. The lowest BCUT2D eigenvalue weighted by Crippen LogP contribution is -2.30. The topological polar surface area (TPSA) is 3.88 Å².